The number of amides is 2. The predicted octanol–water partition coefficient (Wildman–Crippen LogP) is 2.87. The molecule has 2 aliphatic heterocycles. The fourth-order valence-electron chi connectivity index (χ4n) is 4.34. The molecule has 34 heavy (non-hydrogen) atoms. The number of ether oxygens (including phenoxy) is 2. The Hall–Kier alpha value is -3.95. The summed E-state index contributed by atoms with van der Waals surface area (Å²) in [6.45, 7) is 2.41. The van der Waals surface area contributed by atoms with Crippen molar-refractivity contribution in [3.63, 3.8) is 0 Å². The van der Waals surface area contributed by atoms with Crippen molar-refractivity contribution in [2.75, 3.05) is 13.2 Å². The number of nitrogens with one attached hydrogen (secondary N) is 1. The largest absolute Gasteiger partial charge is 0.493 e. The van der Waals surface area contributed by atoms with Gasteiger partial charge in [-0.3, -0.25) is 4.79 Å². The lowest BCUT2D eigenvalue weighted by Gasteiger charge is -2.19. The molecule has 2 atom stereocenters. The summed E-state index contributed by atoms with van der Waals surface area (Å²) < 4.78 is 31.2. The molecule has 5 rings (SSSR count). The molecular formula is C24H23FN4O5. The molecule has 2 aromatic carbocycles. The van der Waals surface area contributed by atoms with Gasteiger partial charge in [0.2, 0.25) is 17.7 Å². The molecule has 1 saturated heterocycles. The van der Waals surface area contributed by atoms with Gasteiger partial charge in [0.25, 0.3) is 0 Å². The smallest absolute Gasteiger partial charge is 0.408 e. The summed E-state index contributed by atoms with van der Waals surface area (Å²) in [6.07, 6.45) is -0.0987. The Morgan fingerprint density at radius 1 is 1.26 bits per heavy atom. The molecule has 0 radical (unpaired) electrons. The second-order valence-electron chi connectivity index (χ2n) is 8.30. The Morgan fingerprint density at radius 2 is 2.09 bits per heavy atom. The van der Waals surface area contributed by atoms with E-state index < -0.39 is 23.9 Å². The molecule has 0 unspecified atom stereocenters. The second kappa shape index (κ2) is 9.12. The Kier molecular flexibility index (Phi) is 5.87. The van der Waals surface area contributed by atoms with E-state index in [1.165, 1.54) is 11.0 Å². The van der Waals surface area contributed by atoms with E-state index in [9.17, 15) is 9.59 Å². The average Bonchev–Trinajstić information content (AvgIpc) is 3.53. The highest BCUT2D eigenvalue weighted by atomic mass is 19.1. The molecule has 1 aromatic heterocycles. The zero-order chi connectivity index (χ0) is 23.7. The van der Waals surface area contributed by atoms with E-state index in [2.05, 4.69) is 15.5 Å². The van der Waals surface area contributed by atoms with Gasteiger partial charge < -0.3 is 24.1 Å². The van der Waals surface area contributed by atoms with Crippen LogP contribution in [-0.2, 0) is 29.1 Å². The third-order valence-electron chi connectivity index (χ3n) is 5.99. The van der Waals surface area contributed by atoms with Crippen molar-refractivity contribution in [3.8, 4) is 5.75 Å². The van der Waals surface area contributed by atoms with Crippen molar-refractivity contribution in [3.05, 3.63) is 76.8 Å². The van der Waals surface area contributed by atoms with Crippen LogP contribution >= 0.6 is 0 Å². The van der Waals surface area contributed by atoms with Crippen LogP contribution in [0.15, 0.2) is 46.9 Å². The van der Waals surface area contributed by atoms with Gasteiger partial charge in [-0.2, -0.15) is 0 Å². The number of nitrogens with zero attached hydrogens (tertiary/aromatic N) is 3. The van der Waals surface area contributed by atoms with Crippen LogP contribution in [-0.4, -0.2) is 46.3 Å². The number of likely N-dealkylation sites (tertiary alicyclic amines) is 1. The monoisotopic (exact) mass is 466 g/mol. The number of benzene rings is 2. The second-order valence-corrected chi connectivity index (χ2v) is 8.30. The van der Waals surface area contributed by atoms with Crippen molar-refractivity contribution >= 4 is 12.0 Å². The van der Waals surface area contributed by atoms with Crippen molar-refractivity contribution in [2.45, 2.75) is 38.5 Å². The zero-order valence-corrected chi connectivity index (χ0v) is 18.5. The molecule has 0 saturated carbocycles. The number of hydrogen-bond acceptors (Lipinski definition) is 7. The number of alkyl carbamates (subject to hydrolysis) is 1. The van der Waals surface area contributed by atoms with Crippen LogP contribution < -0.4 is 10.1 Å². The minimum absolute atomic E-state index is 0.0494. The Balaban J connectivity index is 1.37. The summed E-state index contributed by atoms with van der Waals surface area (Å²) in [5, 5.41) is 10.4. The number of fused-ring (bicyclic) bond motifs is 1. The first-order valence-electron chi connectivity index (χ1n) is 11.0. The van der Waals surface area contributed by atoms with E-state index in [1.54, 1.807) is 13.0 Å². The minimum atomic E-state index is -1.01. The summed E-state index contributed by atoms with van der Waals surface area (Å²) in [5.41, 5.74) is 2.03. The summed E-state index contributed by atoms with van der Waals surface area (Å²) in [4.78, 5) is 27.3. The molecule has 3 heterocycles. The lowest BCUT2D eigenvalue weighted by molar-refractivity contribution is -0.130. The number of halogens is 1. The van der Waals surface area contributed by atoms with Gasteiger partial charge in [-0.25, -0.2) is 9.18 Å². The number of aryl methyl sites for hydroxylation is 1. The van der Waals surface area contributed by atoms with Gasteiger partial charge in [0.1, 0.15) is 24.2 Å². The van der Waals surface area contributed by atoms with Gasteiger partial charge in [-0.1, -0.05) is 30.3 Å². The molecule has 176 valence electrons. The predicted molar refractivity (Wildman–Crippen MR) is 116 cm³/mol. The Morgan fingerprint density at radius 3 is 2.85 bits per heavy atom. The summed E-state index contributed by atoms with van der Waals surface area (Å²) in [6, 6.07) is 11.2. The van der Waals surface area contributed by atoms with E-state index in [1.807, 2.05) is 30.3 Å². The summed E-state index contributed by atoms with van der Waals surface area (Å²) in [7, 11) is 0. The lowest BCUT2D eigenvalue weighted by Crippen LogP contribution is -2.43. The van der Waals surface area contributed by atoms with Crippen molar-refractivity contribution in [1.29, 1.82) is 0 Å². The molecule has 9 nitrogen and oxygen atoms in total. The molecule has 3 aromatic rings. The first-order chi connectivity index (χ1) is 16.5. The van der Waals surface area contributed by atoms with Crippen LogP contribution in [0, 0.1) is 12.7 Å². The maximum absolute atomic E-state index is 15.1. The molecule has 2 aliphatic rings. The zero-order valence-electron chi connectivity index (χ0n) is 18.5. The molecule has 10 heteroatoms. The van der Waals surface area contributed by atoms with Crippen LogP contribution in [0.5, 0.6) is 5.75 Å². The highest BCUT2D eigenvalue weighted by Crippen LogP contribution is 2.36. The van der Waals surface area contributed by atoms with E-state index in [0.29, 0.717) is 30.2 Å². The van der Waals surface area contributed by atoms with E-state index in [-0.39, 0.29) is 31.5 Å². The number of aromatic nitrogens is 2. The third kappa shape index (κ3) is 4.43. The average molecular weight is 466 g/mol. The lowest BCUT2D eigenvalue weighted by atomic mass is 9.91. The molecule has 2 amide bonds. The van der Waals surface area contributed by atoms with E-state index >= 15 is 4.39 Å². The van der Waals surface area contributed by atoms with E-state index in [0.717, 1.165) is 11.1 Å². The van der Waals surface area contributed by atoms with Crippen LogP contribution in [0.25, 0.3) is 0 Å². The molecule has 1 N–H and O–H groups in total. The summed E-state index contributed by atoms with van der Waals surface area (Å²) >= 11 is 0. The maximum atomic E-state index is 15.1. The molecule has 1 fully saturated rings. The standard InChI is InChI=1S/C24H23FN4O5/c1-14-27-28-21(34-14)12-29-11-18(17-9-16-7-8-32-20(16)10-19(17)25)22(23(29)30)26-24(31)33-13-15-5-3-2-4-6-15/h2-6,9-10,18,22H,7-8,11-13H2,1H3,(H,26,31)/t18-,22-/m0/s1. The molecule has 0 bridgehead atoms. The van der Waals surface area contributed by atoms with Gasteiger partial charge >= 0.3 is 6.09 Å². The highest BCUT2D eigenvalue weighted by molar-refractivity contribution is 5.89. The van der Waals surface area contributed by atoms with Gasteiger partial charge in [0, 0.05) is 31.9 Å². The van der Waals surface area contributed by atoms with E-state index in [4.69, 9.17) is 13.9 Å². The third-order valence-corrected chi connectivity index (χ3v) is 5.99. The fraction of sp³-hybridized carbons (Fsp3) is 0.333. The quantitative estimate of drug-likeness (QED) is 0.595. The van der Waals surface area contributed by atoms with Crippen LogP contribution in [0.3, 0.4) is 0 Å². The maximum Gasteiger partial charge on any atom is 0.408 e. The fourth-order valence-corrected chi connectivity index (χ4v) is 4.34. The van der Waals surface area contributed by atoms with Crippen LogP contribution in [0.1, 0.15) is 34.4 Å². The SMILES string of the molecule is Cc1nnc(CN2C[C@@H](c3cc4c(cc3F)OCC4)[C@H](NC(=O)OCc3ccccc3)C2=O)o1. The van der Waals surface area contributed by atoms with Crippen molar-refractivity contribution in [1.82, 2.24) is 20.4 Å². The molecule has 0 spiro atoms. The topological polar surface area (TPSA) is 107 Å². The van der Waals surface area contributed by atoms with Gasteiger partial charge in [-0.15, -0.1) is 10.2 Å². The van der Waals surface area contributed by atoms with Gasteiger partial charge in [-0.05, 0) is 22.8 Å². The molecular weight excluding hydrogens is 443 g/mol. The number of hydrogen-bond donors (Lipinski definition) is 1. The van der Waals surface area contributed by atoms with Gasteiger partial charge in [0.05, 0.1) is 13.2 Å². The molecule has 0 aliphatic carbocycles. The number of rotatable bonds is 6. The van der Waals surface area contributed by atoms with Crippen molar-refractivity contribution < 1.29 is 27.9 Å². The first kappa shape index (κ1) is 21.9. The summed E-state index contributed by atoms with van der Waals surface area (Å²) in [5.74, 6) is -0.351. The Labute approximate surface area is 194 Å². The minimum Gasteiger partial charge on any atom is -0.493 e. The van der Waals surface area contributed by atoms with Gasteiger partial charge in [0.15, 0.2) is 0 Å². The number of carbonyl (C=O) groups is 2. The van der Waals surface area contributed by atoms with Crippen LogP contribution in [0.4, 0.5) is 9.18 Å². The Bertz CT molecular complexity index is 1220. The normalized spacial score (nSPS) is 19.1. The van der Waals surface area contributed by atoms with Crippen molar-refractivity contribution in [2.24, 2.45) is 0 Å². The first-order valence-corrected chi connectivity index (χ1v) is 11.0. The highest BCUT2D eigenvalue weighted by Gasteiger charge is 2.44. The number of carbonyl (C=O) groups excluding carboxylic acids is 2. The van der Waals surface area contributed by atoms with Crippen LogP contribution in [0.2, 0.25) is 0 Å².